The number of aryl methyl sites for hydroxylation is 3. The minimum absolute atomic E-state index is 0.0571. The summed E-state index contributed by atoms with van der Waals surface area (Å²) in [6, 6.07) is 14.1. The maximum absolute atomic E-state index is 13.6. The average molecular weight is 498 g/mol. The Morgan fingerprint density at radius 2 is 1.71 bits per heavy atom. The van der Waals surface area contributed by atoms with Crippen LogP contribution < -0.4 is 9.04 Å². The Bertz CT molecular complexity index is 1320. The third kappa shape index (κ3) is 6.54. The highest BCUT2D eigenvalue weighted by atomic mass is 32.2. The van der Waals surface area contributed by atoms with Crippen molar-refractivity contribution in [1.29, 1.82) is 0 Å². The standard InChI is InChI=1S/C27H31NO6S/c1-18(2)16-28(35(31,32)27-13-6-21(5)34-27)24-14-19(3)20(4)15-25(24)33-17-23-9-7-22(8-10-23)11-12-26(29)30/h6-15,18H,16-17H2,1-5H3,(H,29,30). The summed E-state index contributed by atoms with van der Waals surface area (Å²) in [6.07, 6.45) is 2.59. The van der Waals surface area contributed by atoms with Crippen molar-refractivity contribution in [1.82, 2.24) is 0 Å². The van der Waals surface area contributed by atoms with Gasteiger partial charge >= 0.3 is 5.97 Å². The summed E-state index contributed by atoms with van der Waals surface area (Å²) in [4.78, 5) is 10.7. The summed E-state index contributed by atoms with van der Waals surface area (Å²) in [7, 11) is -3.95. The van der Waals surface area contributed by atoms with Gasteiger partial charge in [0.15, 0.2) is 0 Å². The first-order valence-corrected chi connectivity index (χ1v) is 12.7. The van der Waals surface area contributed by atoms with E-state index in [9.17, 15) is 13.2 Å². The summed E-state index contributed by atoms with van der Waals surface area (Å²) >= 11 is 0. The van der Waals surface area contributed by atoms with E-state index >= 15 is 0 Å². The molecule has 3 rings (SSSR count). The van der Waals surface area contributed by atoms with Crippen molar-refractivity contribution >= 4 is 27.8 Å². The lowest BCUT2D eigenvalue weighted by atomic mass is 10.1. The van der Waals surface area contributed by atoms with Gasteiger partial charge in [-0.25, -0.2) is 4.79 Å². The summed E-state index contributed by atoms with van der Waals surface area (Å²) < 4.78 is 40.2. The molecule has 1 heterocycles. The van der Waals surface area contributed by atoms with Crippen LogP contribution in [0.5, 0.6) is 5.75 Å². The summed E-state index contributed by atoms with van der Waals surface area (Å²) in [6.45, 7) is 9.98. The number of hydrogen-bond acceptors (Lipinski definition) is 5. The number of ether oxygens (including phenoxy) is 1. The maximum atomic E-state index is 13.6. The van der Waals surface area contributed by atoms with E-state index in [0.717, 1.165) is 28.3 Å². The molecule has 0 spiro atoms. The second-order valence-electron chi connectivity index (χ2n) is 8.90. The zero-order valence-electron chi connectivity index (χ0n) is 20.6. The molecule has 0 fully saturated rings. The van der Waals surface area contributed by atoms with Gasteiger partial charge in [0.2, 0.25) is 5.09 Å². The Morgan fingerprint density at radius 3 is 2.29 bits per heavy atom. The number of furan rings is 1. The van der Waals surface area contributed by atoms with Crippen molar-refractivity contribution in [3.63, 3.8) is 0 Å². The first kappa shape index (κ1) is 26.1. The summed E-state index contributed by atoms with van der Waals surface area (Å²) in [5.41, 5.74) is 4.00. The minimum atomic E-state index is -3.95. The molecule has 0 aliphatic rings. The average Bonchev–Trinajstić information content (AvgIpc) is 3.24. The van der Waals surface area contributed by atoms with E-state index in [2.05, 4.69) is 0 Å². The van der Waals surface area contributed by atoms with E-state index in [1.807, 2.05) is 52.0 Å². The molecule has 0 radical (unpaired) electrons. The zero-order chi connectivity index (χ0) is 25.8. The number of carboxylic acids is 1. The van der Waals surface area contributed by atoms with Gasteiger partial charge in [-0.3, -0.25) is 4.31 Å². The Hall–Kier alpha value is -3.52. The lowest BCUT2D eigenvalue weighted by Gasteiger charge is -2.28. The molecule has 0 unspecified atom stereocenters. The smallest absolute Gasteiger partial charge is 0.328 e. The molecule has 0 aliphatic heterocycles. The lowest BCUT2D eigenvalue weighted by molar-refractivity contribution is -0.131. The SMILES string of the molecule is Cc1ccc(S(=O)(=O)N(CC(C)C)c2cc(C)c(C)cc2OCc2ccc(C=CC(=O)O)cc2)o1. The van der Waals surface area contributed by atoms with Gasteiger partial charge in [-0.15, -0.1) is 0 Å². The molecule has 0 saturated heterocycles. The predicted molar refractivity (Wildman–Crippen MR) is 136 cm³/mol. The molecular weight excluding hydrogens is 466 g/mol. The lowest BCUT2D eigenvalue weighted by Crippen LogP contribution is -2.34. The normalized spacial score (nSPS) is 11.8. The van der Waals surface area contributed by atoms with Crippen LogP contribution in [0, 0.1) is 26.7 Å². The van der Waals surface area contributed by atoms with Crippen LogP contribution in [0.1, 0.15) is 41.9 Å². The van der Waals surface area contributed by atoms with Crippen molar-refractivity contribution in [2.45, 2.75) is 46.3 Å². The van der Waals surface area contributed by atoms with E-state index in [0.29, 0.717) is 17.2 Å². The monoisotopic (exact) mass is 497 g/mol. The van der Waals surface area contributed by atoms with Gasteiger partial charge in [-0.05, 0) is 79.3 Å². The van der Waals surface area contributed by atoms with Gasteiger partial charge in [0.05, 0.1) is 5.69 Å². The van der Waals surface area contributed by atoms with Gasteiger partial charge in [-0.1, -0.05) is 38.1 Å². The third-order valence-corrected chi connectivity index (χ3v) is 7.08. The van der Waals surface area contributed by atoms with Crippen LogP contribution >= 0.6 is 0 Å². The number of sulfonamides is 1. The largest absolute Gasteiger partial charge is 0.487 e. The van der Waals surface area contributed by atoms with Gasteiger partial charge < -0.3 is 14.3 Å². The molecule has 1 N–H and O–H groups in total. The number of carboxylic acid groups (broad SMARTS) is 1. The van der Waals surface area contributed by atoms with Gasteiger partial charge in [0.25, 0.3) is 10.0 Å². The maximum Gasteiger partial charge on any atom is 0.328 e. The minimum Gasteiger partial charge on any atom is -0.487 e. The van der Waals surface area contributed by atoms with Crippen LogP contribution in [0.3, 0.4) is 0 Å². The predicted octanol–water partition coefficient (Wildman–Crippen LogP) is 5.73. The van der Waals surface area contributed by atoms with E-state index in [-0.39, 0.29) is 24.2 Å². The van der Waals surface area contributed by atoms with Crippen molar-refractivity contribution in [3.8, 4) is 5.75 Å². The number of aliphatic carboxylic acids is 1. The Morgan fingerprint density at radius 1 is 1.06 bits per heavy atom. The van der Waals surface area contributed by atoms with Crippen LogP contribution in [0.15, 0.2) is 64.1 Å². The Labute approximate surface area is 206 Å². The highest BCUT2D eigenvalue weighted by Gasteiger charge is 2.31. The molecule has 35 heavy (non-hydrogen) atoms. The van der Waals surface area contributed by atoms with Crippen LogP contribution in [-0.2, 0) is 21.4 Å². The topological polar surface area (TPSA) is 97.0 Å². The molecule has 1 aromatic heterocycles. The molecule has 0 bridgehead atoms. The fourth-order valence-electron chi connectivity index (χ4n) is 3.46. The van der Waals surface area contributed by atoms with Crippen LogP contribution in [0.2, 0.25) is 0 Å². The van der Waals surface area contributed by atoms with Crippen LogP contribution in [-0.4, -0.2) is 26.0 Å². The second-order valence-corrected chi connectivity index (χ2v) is 10.7. The number of nitrogens with zero attached hydrogens (tertiary/aromatic N) is 1. The molecule has 0 atom stereocenters. The fraction of sp³-hybridized carbons (Fsp3) is 0.296. The molecule has 0 saturated carbocycles. The quantitative estimate of drug-likeness (QED) is 0.359. The molecule has 8 heteroatoms. The van der Waals surface area contributed by atoms with Crippen LogP contribution in [0.25, 0.3) is 6.08 Å². The van der Waals surface area contributed by atoms with Crippen LogP contribution in [0.4, 0.5) is 5.69 Å². The number of rotatable bonds is 10. The van der Waals surface area contributed by atoms with Crippen molar-refractivity contribution < 1.29 is 27.5 Å². The highest BCUT2D eigenvalue weighted by Crippen LogP contribution is 2.36. The molecule has 3 aromatic rings. The first-order valence-electron chi connectivity index (χ1n) is 11.3. The number of hydrogen-bond donors (Lipinski definition) is 1. The van der Waals surface area contributed by atoms with E-state index in [1.165, 1.54) is 16.4 Å². The fourth-order valence-corrected chi connectivity index (χ4v) is 5.05. The number of benzene rings is 2. The van der Waals surface area contributed by atoms with Crippen molar-refractivity contribution in [2.75, 3.05) is 10.8 Å². The highest BCUT2D eigenvalue weighted by molar-refractivity contribution is 7.92. The Balaban J connectivity index is 1.96. The summed E-state index contributed by atoms with van der Waals surface area (Å²) in [5, 5.41) is 8.67. The summed E-state index contributed by atoms with van der Waals surface area (Å²) in [5.74, 6) is 0.0220. The third-order valence-electron chi connectivity index (χ3n) is 5.43. The molecule has 7 nitrogen and oxygen atoms in total. The van der Waals surface area contributed by atoms with Gasteiger partial charge in [0.1, 0.15) is 18.1 Å². The first-order chi connectivity index (χ1) is 16.5. The number of anilines is 1. The Kier molecular flexibility index (Phi) is 8.07. The van der Waals surface area contributed by atoms with Gasteiger partial charge in [-0.2, -0.15) is 8.42 Å². The molecular formula is C27H31NO6S. The van der Waals surface area contributed by atoms with Crippen molar-refractivity contribution in [2.24, 2.45) is 5.92 Å². The van der Waals surface area contributed by atoms with E-state index < -0.39 is 16.0 Å². The van der Waals surface area contributed by atoms with Gasteiger partial charge in [0, 0.05) is 12.6 Å². The van der Waals surface area contributed by atoms with E-state index in [4.69, 9.17) is 14.3 Å². The van der Waals surface area contributed by atoms with Crippen molar-refractivity contribution in [3.05, 3.63) is 82.6 Å². The second kappa shape index (κ2) is 10.8. The van der Waals surface area contributed by atoms with E-state index in [1.54, 1.807) is 25.1 Å². The zero-order valence-corrected chi connectivity index (χ0v) is 21.4. The molecule has 2 aromatic carbocycles. The molecule has 186 valence electrons. The molecule has 0 aliphatic carbocycles. The number of carbonyl (C=O) groups is 1. The molecule has 0 amide bonds.